The van der Waals surface area contributed by atoms with E-state index in [1.807, 2.05) is 12.1 Å². The van der Waals surface area contributed by atoms with E-state index in [9.17, 15) is 10.2 Å². The molecule has 1 aliphatic rings. The second-order valence-corrected chi connectivity index (χ2v) is 10.0. The number of rotatable bonds is 8. The van der Waals surface area contributed by atoms with Gasteiger partial charge in [-0.15, -0.1) is 0 Å². The van der Waals surface area contributed by atoms with Gasteiger partial charge in [-0.25, -0.2) is 0 Å². The minimum Gasteiger partial charge on any atom is -0.491 e. The fourth-order valence-corrected chi connectivity index (χ4v) is 4.26. The van der Waals surface area contributed by atoms with Gasteiger partial charge in [0.1, 0.15) is 18.5 Å². The summed E-state index contributed by atoms with van der Waals surface area (Å²) in [5.74, 6) is 0.796. The SMILES string of the molecule is CC(C)(C)CC(C)(C)c1ccc(OC[C@H](O)CNC2CCC(O)CC2)cc1. The normalized spacial score (nSPS) is 22.5. The lowest BCUT2D eigenvalue weighted by molar-refractivity contribution is 0.0901. The molecule has 0 amide bonds. The Morgan fingerprint density at radius 2 is 1.63 bits per heavy atom. The summed E-state index contributed by atoms with van der Waals surface area (Å²) < 4.78 is 5.76. The molecule has 1 aliphatic carbocycles. The van der Waals surface area contributed by atoms with Crippen LogP contribution in [0.15, 0.2) is 24.3 Å². The number of hydrogen-bond acceptors (Lipinski definition) is 4. The molecule has 1 saturated carbocycles. The van der Waals surface area contributed by atoms with Gasteiger partial charge >= 0.3 is 0 Å². The van der Waals surface area contributed by atoms with Gasteiger partial charge in [-0.1, -0.05) is 46.8 Å². The lowest BCUT2D eigenvalue weighted by atomic mass is 9.72. The van der Waals surface area contributed by atoms with Crippen LogP contribution in [-0.2, 0) is 5.41 Å². The molecular weight excluding hydrogens is 338 g/mol. The molecule has 27 heavy (non-hydrogen) atoms. The molecule has 3 N–H and O–H groups in total. The lowest BCUT2D eigenvalue weighted by Gasteiger charge is -2.33. The largest absolute Gasteiger partial charge is 0.491 e. The number of aliphatic hydroxyl groups is 2. The fraction of sp³-hybridized carbons (Fsp3) is 0.739. The predicted molar refractivity (Wildman–Crippen MR) is 111 cm³/mol. The third-order valence-corrected chi connectivity index (χ3v) is 5.39. The molecule has 154 valence electrons. The molecule has 2 rings (SSSR count). The molecule has 0 aliphatic heterocycles. The van der Waals surface area contributed by atoms with Crippen molar-refractivity contribution >= 4 is 0 Å². The Hall–Kier alpha value is -1.10. The molecule has 1 atom stereocenters. The zero-order valence-electron chi connectivity index (χ0n) is 17.8. The molecule has 0 bridgehead atoms. The van der Waals surface area contributed by atoms with Crippen LogP contribution < -0.4 is 10.1 Å². The Morgan fingerprint density at radius 3 is 2.19 bits per heavy atom. The van der Waals surface area contributed by atoms with E-state index < -0.39 is 6.10 Å². The lowest BCUT2D eigenvalue weighted by Crippen LogP contribution is -2.40. The quantitative estimate of drug-likeness (QED) is 0.640. The first-order valence-corrected chi connectivity index (χ1v) is 10.4. The van der Waals surface area contributed by atoms with Crippen molar-refractivity contribution in [3.05, 3.63) is 29.8 Å². The molecule has 0 saturated heterocycles. The van der Waals surface area contributed by atoms with Gasteiger partial charge in [0.2, 0.25) is 0 Å². The summed E-state index contributed by atoms with van der Waals surface area (Å²) in [5, 5.41) is 23.1. The van der Waals surface area contributed by atoms with E-state index in [0.717, 1.165) is 37.9 Å². The van der Waals surface area contributed by atoms with E-state index in [0.29, 0.717) is 12.6 Å². The second kappa shape index (κ2) is 9.40. The molecule has 0 heterocycles. The van der Waals surface area contributed by atoms with Crippen LogP contribution in [0.5, 0.6) is 5.75 Å². The summed E-state index contributed by atoms with van der Waals surface area (Å²) in [6.07, 6.45) is 4.08. The van der Waals surface area contributed by atoms with Crippen LogP contribution in [0.1, 0.15) is 72.3 Å². The number of benzene rings is 1. The highest BCUT2D eigenvalue weighted by Gasteiger charge is 2.27. The first-order chi connectivity index (χ1) is 12.5. The van der Waals surface area contributed by atoms with E-state index in [-0.39, 0.29) is 23.5 Å². The van der Waals surface area contributed by atoms with Crippen LogP contribution in [0.4, 0.5) is 0 Å². The molecule has 1 fully saturated rings. The first kappa shape index (κ1) is 22.2. The molecule has 0 aromatic heterocycles. The van der Waals surface area contributed by atoms with Crippen LogP contribution in [0.25, 0.3) is 0 Å². The zero-order valence-corrected chi connectivity index (χ0v) is 17.8. The van der Waals surface area contributed by atoms with Crippen LogP contribution >= 0.6 is 0 Å². The molecule has 4 nitrogen and oxygen atoms in total. The van der Waals surface area contributed by atoms with Crippen molar-refractivity contribution in [2.45, 2.75) is 90.4 Å². The monoisotopic (exact) mass is 377 g/mol. The first-order valence-electron chi connectivity index (χ1n) is 10.4. The van der Waals surface area contributed by atoms with Crippen molar-refractivity contribution < 1.29 is 14.9 Å². The Labute approximate surface area is 165 Å². The van der Waals surface area contributed by atoms with Crippen molar-refractivity contribution in [1.29, 1.82) is 0 Å². The van der Waals surface area contributed by atoms with Crippen molar-refractivity contribution in [3.8, 4) is 5.75 Å². The summed E-state index contributed by atoms with van der Waals surface area (Å²) in [4.78, 5) is 0. The molecule has 1 aromatic carbocycles. The average Bonchev–Trinajstić information content (AvgIpc) is 2.58. The average molecular weight is 378 g/mol. The van der Waals surface area contributed by atoms with Gasteiger partial charge in [0.05, 0.1) is 6.10 Å². The van der Waals surface area contributed by atoms with E-state index >= 15 is 0 Å². The summed E-state index contributed by atoms with van der Waals surface area (Å²) in [6.45, 7) is 12.2. The van der Waals surface area contributed by atoms with Crippen LogP contribution in [-0.4, -0.2) is 41.6 Å². The van der Waals surface area contributed by atoms with E-state index in [2.05, 4.69) is 52.1 Å². The minimum atomic E-state index is -0.533. The Morgan fingerprint density at radius 1 is 1.04 bits per heavy atom. The third kappa shape index (κ3) is 7.81. The molecule has 0 radical (unpaired) electrons. The highest BCUT2D eigenvalue weighted by atomic mass is 16.5. The van der Waals surface area contributed by atoms with E-state index in [4.69, 9.17) is 4.74 Å². The van der Waals surface area contributed by atoms with Crippen LogP contribution in [0.3, 0.4) is 0 Å². The maximum atomic E-state index is 10.2. The van der Waals surface area contributed by atoms with Crippen molar-refractivity contribution in [3.63, 3.8) is 0 Å². The number of aliphatic hydroxyl groups excluding tert-OH is 2. The van der Waals surface area contributed by atoms with Crippen molar-refractivity contribution in [1.82, 2.24) is 5.32 Å². The van der Waals surface area contributed by atoms with Gasteiger partial charge in [0, 0.05) is 12.6 Å². The minimum absolute atomic E-state index is 0.119. The smallest absolute Gasteiger partial charge is 0.119 e. The van der Waals surface area contributed by atoms with Crippen molar-refractivity contribution in [2.24, 2.45) is 5.41 Å². The highest BCUT2D eigenvalue weighted by molar-refractivity contribution is 5.31. The summed E-state index contributed by atoms with van der Waals surface area (Å²) in [5.41, 5.74) is 1.71. The Kier molecular flexibility index (Phi) is 7.73. The van der Waals surface area contributed by atoms with Gasteiger partial charge in [-0.2, -0.15) is 0 Å². The van der Waals surface area contributed by atoms with Gasteiger partial charge in [0.25, 0.3) is 0 Å². The van der Waals surface area contributed by atoms with E-state index in [1.165, 1.54) is 5.56 Å². The van der Waals surface area contributed by atoms with Gasteiger partial charge < -0.3 is 20.3 Å². The molecule has 0 spiro atoms. The summed E-state index contributed by atoms with van der Waals surface area (Å²) in [6, 6.07) is 8.68. The van der Waals surface area contributed by atoms with Gasteiger partial charge in [-0.05, 0) is 60.6 Å². The van der Waals surface area contributed by atoms with Crippen LogP contribution in [0.2, 0.25) is 0 Å². The zero-order chi connectivity index (χ0) is 20.1. The summed E-state index contributed by atoms with van der Waals surface area (Å²) in [7, 11) is 0. The number of nitrogens with one attached hydrogen (secondary N) is 1. The molecular formula is C23H39NO3. The topological polar surface area (TPSA) is 61.7 Å². The maximum absolute atomic E-state index is 10.2. The highest BCUT2D eigenvalue weighted by Crippen LogP contribution is 2.36. The summed E-state index contributed by atoms with van der Waals surface area (Å²) >= 11 is 0. The van der Waals surface area contributed by atoms with Gasteiger partial charge in [-0.3, -0.25) is 0 Å². The maximum Gasteiger partial charge on any atom is 0.119 e. The molecule has 4 heteroatoms. The Bertz CT molecular complexity index is 554. The Balaban J connectivity index is 1.76. The number of ether oxygens (including phenoxy) is 1. The molecule has 0 unspecified atom stereocenters. The second-order valence-electron chi connectivity index (χ2n) is 10.0. The number of hydrogen-bond donors (Lipinski definition) is 3. The van der Waals surface area contributed by atoms with Crippen molar-refractivity contribution in [2.75, 3.05) is 13.2 Å². The van der Waals surface area contributed by atoms with E-state index in [1.54, 1.807) is 0 Å². The predicted octanol–water partition coefficient (Wildman–Crippen LogP) is 4.03. The fourth-order valence-electron chi connectivity index (χ4n) is 4.26. The van der Waals surface area contributed by atoms with Crippen LogP contribution in [0, 0.1) is 5.41 Å². The molecule has 1 aromatic rings. The third-order valence-electron chi connectivity index (χ3n) is 5.39. The standard InChI is InChI=1S/C23H39NO3/c1-22(2,3)16-23(4,5)17-6-12-21(13-7-17)27-15-20(26)14-24-18-8-10-19(25)11-9-18/h6-7,12-13,18-20,24-26H,8-11,14-16H2,1-5H3/t18?,19?,20-/m1/s1. The van der Waals surface area contributed by atoms with Gasteiger partial charge in [0.15, 0.2) is 0 Å².